The Hall–Kier alpha value is -1.96. The minimum atomic E-state index is -0.599. The first-order valence-corrected chi connectivity index (χ1v) is 6.20. The van der Waals surface area contributed by atoms with E-state index in [1.807, 2.05) is 0 Å². The maximum Gasteiger partial charge on any atom is 0.389 e. The zero-order valence-electron chi connectivity index (χ0n) is 10.4. The van der Waals surface area contributed by atoms with Crippen molar-refractivity contribution in [3.05, 3.63) is 22.4 Å². The molecule has 1 aromatic heterocycles. The molecule has 1 saturated carbocycles. The largest absolute Gasteiger partial charge is 0.395 e. The highest BCUT2D eigenvalue weighted by molar-refractivity contribution is 5.76. The van der Waals surface area contributed by atoms with Gasteiger partial charge in [0.2, 0.25) is 5.91 Å². The van der Waals surface area contributed by atoms with Crippen molar-refractivity contribution >= 4 is 11.7 Å². The van der Waals surface area contributed by atoms with Crippen LogP contribution in [0.3, 0.4) is 0 Å². The second-order valence-corrected chi connectivity index (χ2v) is 4.52. The molecule has 0 aliphatic heterocycles. The van der Waals surface area contributed by atoms with E-state index in [0.717, 1.165) is 19.3 Å². The van der Waals surface area contributed by atoms with E-state index in [0.29, 0.717) is 6.54 Å². The molecule has 1 heterocycles. The molecule has 0 radical (unpaired) electrons. The van der Waals surface area contributed by atoms with Crippen molar-refractivity contribution in [1.29, 1.82) is 0 Å². The average molecular weight is 268 g/mol. The number of rotatable bonds is 6. The lowest BCUT2D eigenvalue weighted by Crippen LogP contribution is -2.47. The summed E-state index contributed by atoms with van der Waals surface area (Å²) >= 11 is 0. The van der Waals surface area contributed by atoms with E-state index < -0.39 is 4.92 Å². The lowest BCUT2D eigenvalue weighted by atomic mass is 9.91. The zero-order valence-corrected chi connectivity index (χ0v) is 10.4. The molecule has 0 spiro atoms. The van der Waals surface area contributed by atoms with Gasteiger partial charge in [0, 0.05) is 12.6 Å². The van der Waals surface area contributed by atoms with Crippen molar-refractivity contribution in [2.45, 2.75) is 31.8 Å². The summed E-state index contributed by atoms with van der Waals surface area (Å²) in [5.41, 5.74) is 0. The van der Waals surface area contributed by atoms with Gasteiger partial charge in [-0.2, -0.15) is 4.68 Å². The highest BCUT2D eigenvalue weighted by atomic mass is 16.6. The van der Waals surface area contributed by atoms with Crippen LogP contribution < -0.4 is 0 Å². The molecule has 0 saturated heterocycles. The number of nitro groups is 1. The fraction of sp³-hybridized carbons (Fsp3) is 0.636. The fourth-order valence-electron chi connectivity index (χ4n) is 2.08. The average Bonchev–Trinajstić information content (AvgIpc) is 2.74. The Morgan fingerprint density at radius 3 is 2.84 bits per heavy atom. The Morgan fingerprint density at radius 2 is 2.37 bits per heavy atom. The quantitative estimate of drug-likeness (QED) is 0.585. The van der Waals surface area contributed by atoms with Gasteiger partial charge in [-0.1, -0.05) is 0 Å². The Labute approximate surface area is 109 Å². The second kappa shape index (κ2) is 5.79. The molecule has 1 fully saturated rings. The van der Waals surface area contributed by atoms with E-state index in [1.54, 1.807) is 4.90 Å². The lowest BCUT2D eigenvalue weighted by Gasteiger charge is -2.37. The summed E-state index contributed by atoms with van der Waals surface area (Å²) in [6.45, 7) is 0.179. The SMILES string of the molecule is O=C(Cn1ccc([N+](=O)[O-])n1)N(CCO)C1CCC1. The summed E-state index contributed by atoms with van der Waals surface area (Å²) < 4.78 is 1.25. The van der Waals surface area contributed by atoms with E-state index >= 15 is 0 Å². The smallest absolute Gasteiger partial charge is 0.389 e. The van der Waals surface area contributed by atoms with Gasteiger partial charge in [0.05, 0.1) is 24.0 Å². The highest BCUT2D eigenvalue weighted by Gasteiger charge is 2.29. The summed E-state index contributed by atoms with van der Waals surface area (Å²) in [6.07, 6.45) is 4.40. The third kappa shape index (κ3) is 3.08. The number of carbonyl (C=O) groups excluding carboxylic acids is 1. The van der Waals surface area contributed by atoms with Gasteiger partial charge in [-0.25, -0.2) is 0 Å². The lowest BCUT2D eigenvalue weighted by molar-refractivity contribution is -0.389. The molecule has 8 heteroatoms. The van der Waals surface area contributed by atoms with Gasteiger partial charge < -0.3 is 20.1 Å². The van der Waals surface area contributed by atoms with Crippen LogP contribution in [0.1, 0.15) is 19.3 Å². The summed E-state index contributed by atoms with van der Waals surface area (Å²) in [7, 11) is 0. The number of hydrogen-bond acceptors (Lipinski definition) is 5. The van der Waals surface area contributed by atoms with Crippen LogP contribution in [0.5, 0.6) is 0 Å². The molecule has 1 N–H and O–H groups in total. The van der Waals surface area contributed by atoms with Crippen molar-refractivity contribution in [2.75, 3.05) is 13.2 Å². The maximum atomic E-state index is 12.1. The molecule has 0 bridgehead atoms. The number of aromatic nitrogens is 2. The maximum absolute atomic E-state index is 12.1. The van der Waals surface area contributed by atoms with Crippen LogP contribution in [0.25, 0.3) is 0 Å². The summed E-state index contributed by atoms with van der Waals surface area (Å²) in [5.74, 6) is -0.443. The molecule has 8 nitrogen and oxygen atoms in total. The third-order valence-corrected chi connectivity index (χ3v) is 3.29. The molecule has 19 heavy (non-hydrogen) atoms. The van der Waals surface area contributed by atoms with Crippen LogP contribution in [0, 0.1) is 10.1 Å². The predicted molar refractivity (Wildman–Crippen MR) is 65.3 cm³/mol. The molecule has 2 rings (SSSR count). The van der Waals surface area contributed by atoms with Gasteiger partial charge in [-0.3, -0.25) is 4.79 Å². The monoisotopic (exact) mass is 268 g/mol. The topological polar surface area (TPSA) is 102 Å². The molecule has 1 aliphatic carbocycles. The van der Waals surface area contributed by atoms with E-state index in [-0.39, 0.29) is 30.9 Å². The second-order valence-electron chi connectivity index (χ2n) is 4.52. The van der Waals surface area contributed by atoms with Gasteiger partial charge in [0.15, 0.2) is 0 Å². The first kappa shape index (κ1) is 13.5. The number of amides is 1. The highest BCUT2D eigenvalue weighted by Crippen LogP contribution is 2.24. The van der Waals surface area contributed by atoms with Crippen LogP contribution in [-0.4, -0.2) is 49.8 Å². The van der Waals surface area contributed by atoms with Crippen molar-refractivity contribution in [3.8, 4) is 0 Å². The Bertz CT molecular complexity index is 469. The molecular formula is C11H16N4O4. The minimum Gasteiger partial charge on any atom is -0.395 e. The standard InChI is InChI=1S/C11H16N4O4/c16-7-6-14(9-2-1-3-9)11(17)8-13-5-4-10(12-13)15(18)19/h4-5,9,16H,1-3,6-8H2. The van der Waals surface area contributed by atoms with Gasteiger partial charge in [-0.15, -0.1) is 0 Å². The molecule has 0 aromatic carbocycles. The Kier molecular flexibility index (Phi) is 4.10. The normalized spacial score (nSPS) is 15.0. The van der Waals surface area contributed by atoms with Crippen LogP contribution in [0.15, 0.2) is 12.3 Å². The fourth-order valence-corrected chi connectivity index (χ4v) is 2.08. The number of carbonyl (C=O) groups is 1. The summed E-state index contributed by atoms with van der Waals surface area (Å²) in [6, 6.07) is 1.44. The molecule has 1 aromatic rings. The van der Waals surface area contributed by atoms with Gasteiger partial charge in [0.1, 0.15) is 6.54 Å². The van der Waals surface area contributed by atoms with Crippen LogP contribution in [-0.2, 0) is 11.3 Å². The molecule has 1 aliphatic rings. The van der Waals surface area contributed by atoms with E-state index in [2.05, 4.69) is 5.10 Å². The van der Waals surface area contributed by atoms with E-state index in [4.69, 9.17) is 5.11 Å². The van der Waals surface area contributed by atoms with Crippen LogP contribution in [0.4, 0.5) is 5.82 Å². The first-order chi connectivity index (χ1) is 9.11. The zero-order chi connectivity index (χ0) is 13.8. The number of hydrogen-bond donors (Lipinski definition) is 1. The molecular weight excluding hydrogens is 252 g/mol. The summed E-state index contributed by atoms with van der Waals surface area (Å²) in [5, 5.41) is 23.2. The third-order valence-electron chi connectivity index (χ3n) is 3.29. The number of aliphatic hydroxyl groups excluding tert-OH is 1. The minimum absolute atomic E-state index is 0.0374. The van der Waals surface area contributed by atoms with Crippen molar-refractivity contribution < 1.29 is 14.8 Å². The van der Waals surface area contributed by atoms with Crippen LogP contribution >= 0.6 is 0 Å². The number of aliphatic hydroxyl groups is 1. The van der Waals surface area contributed by atoms with Crippen molar-refractivity contribution in [3.63, 3.8) is 0 Å². The first-order valence-electron chi connectivity index (χ1n) is 6.20. The molecule has 1 amide bonds. The van der Waals surface area contributed by atoms with Crippen molar-refractivity contribution in [1.82, 2.24) is 14.7 Å². The van der Waals surface area contributed by atoms with Gasteiger partial charge >= 0.3 is 5.82 Å². The van der Waals surface area contributed by atoms with Gasteiger partial charge in [-0.05, 0) is 24.2 Å². The van der Waals surface area contributed by atoms with E-state index in [9.17, 15) is 14.9 Å². The number of nitrogens with zero attached hydrogens (tertiary/aromatic N) is 4. The van der Waals surface area contributed by atoms with E-state index in [1.165, 1.54) is 16.9 Å². The molecule has 0 unspecified atom stereocenters. The summed E-state index contributed by atoms with van der Waals surface area (Å²) in [4.78, 5) is 23.6. The van der Waals surface area contributed by atoms with Gasteiger partial charge in [0.25, 0.3) is 0 Å². The Balaban J connectivity index is 1.98. The Morgan fingerprint density at radius 1 is 1.63 bits per heavy atom. The molecule has 104 valence electrons. The van der Waals surface area contributed by atoms with Crippen LogP contribution in [0.2, 0.25) is 0 Å². The van der Waals surface area contributed by atoms with Crippen molar-refractivity contribution in [2.24, 2.45) is 0 Å². The predicted octanol–water partition coefficient (Wildman–Crippen LogP) is 0.165. The molecule has 0 atom stereocenters.